The number of hydrogen-bond donors (Lipinski definition) is 2. The van der Waals surface area contributed by atoms with Gasteiger partial charge in [-0.3, -0.25) is 4.79 Å². The molecule has 1 aromatic carbocycles. The summed E-state index contributed by atoms with van der Waals surface area (Å²) in [7, 11) is 1.67. The standard InChI is InChI=1S/C16H26BrN3O/c1-4-8-19-11-13-6-7-15(14(17)10-13)20(9-5-2)12-16(21)18-3/h6-7,10,19H,4-5,8-9,11-12H2,1-3H3,(H,18,21). The van der Waals surface area contributed by atoms with Gasteiger partial charge in [0.25, 0.3) is 0 Å². The Kier molecular flexibility index (Phi) is 8.38. The van der Waals surface area contributed by atoms with E-state index in [-0.39, 0.29) is 5.91 Å². The van der Waals surface area contributed by atoms with Crippen molar-refractivity contribution in [2.24, 2.45) is 0 Å². The highest BCUT2D eigenvalue weighted by Crippen LogP contribution is 2.27. The Morgan fingerprint density at radius 3 is 2.62 bits per heavy atom. The molecule has 0 unspecified atom stereocenters. The van der Waals surface area contributed by atoms with Crippen molar-refractivity contribution in [3.8, 4) is 0 Å². The maximum absolute atomic E-state index is 11.6. The molecule has 0 aliphatic carbocycles. The van der Waals surface area contributed by atoms with Gasteiger partial charge in [0.2, 0.25) is 5.91 Å². The van der Waals surface area contributed by atoms with Crippen LogP contribution in [0.2, 0.25) is 0 Å². The minimum atomic E-state index is 0.0315. The minimum absolute atomic E-state index is 0.0315. The number of amides is 1. The molecule has 0 aliphatic heterocycles. The zero-order valence-electron chi connectivity index (χ0n) is 13.2. The zero-order valence-corrected chi connectivity index (χ0v) is 14.8. The quantitative estimate of drug-likeness (QED) is 0.669. The summed E-state index contributed by atoms with van der Waals surface area (Å²) in [5.41, 5.74) is 2.31. The van der Waals surface area contributed by atoms with Gasteiger partial charge in [0.1, 0.15) is 0 Å². The van der Waals surface area contributed by atoms with Gasteiger partial charge in [0.05, 0.1) is 12.2 Å². The third kappa shape index (κ3) is 6.06. The molecule has 0 fully saturated rings. The third-order valence-corrected chi connectivity index (χ3v) is 3.85. The van der Waals surface area contributed by atoms with Crippen LogP contribution in [0.15, 0.2) is 22.7 Å². The highest BCUT2D eigenvalue weighted by Gasteiger charge is 2.13. The van der Waals surface area contributed by atoms with Crippen molar-refractivity contribution < 1.29 is 4.79 Å². The van der Waals surface area contributed by atoms with Crippen LogP contribution in [0.1, 0.15) is 32.3 Å². The maximum atomic E-state index is 11.6. The second-order valence-corrected chi connectivity index (χ2v) is 5.91. The van der Waals surface area contributed by atoms with E-state index in [1.165, 1.54) is 5.56 Å². The number of nitrogens with zero attached hydrogens (tertiary/aromatic N) is 1. The van der Waals surface area contributed by atoms with E-state index in [9.17, 15) is 4.79 Å². The van der Waals surface area contributed by atoms with E-state index in [2.05, 4.69) is 63.5 Å². The molecule has 1 rings (SSSR count). The Hall–Kier alpha value is -1.07. The van der Waals surface area contributed by atoms with Crippen molar-refractivity contribution >= 4 is 27.5 Å². The van der Waals surface area contributed by atoms with Crippen LogP contribution in [0.25, 0.3) is 0 Å². The normalized spacial score (nSPS) is 10.5. The highest BCUT2D eigenvalue weighted by molar-refractivity contribution is 9.10. The van der Waals surface area contributed by atoms with E-state index in [1.54, 1.807) is 7.05 Å². The topological polar surface area (TPSA) is 44.4 Å². The number of likely N-dealkylation sites (N-methyl/N-ethyl adjacent to an activating group) is 1. The van der Waals surface area contributed by atoms with Crippen LogP contribution in [0.4, 0.5) is 5.69 Å². The van der Waals surface area contributed by atoms with Crippen LogP contribution in [0.3, 0.4) is 0 Å². The van der Waals surface area contributed by atoms with E-state index in [1.807, 2.05) is 0 Å². The van der Waals surface area contributed by atoms with Gasteiger partial charge in [0, 0.05) is 24.6 Å². The number of halogens is 1. The van der Waals surface area contributed by atoms with E-state index < -0.39 is 0 Å². The molecule has 0 heterocycles. The van der Waals surface area contributed by atoms with Crippen LogP contribution in [0, 0.1) is 0 Å². The van der Waals surface area contributed by atoms with Crippen LogP contribution >= 0.6 is 15.9 Å². The first-order chi connectivity index (χ1) is 10.1. The van der Waals surface area contributed by atoms with Gasteiger partial charge in [-0.05, 0) is 53.0 Å². The smallest absolute Gasteiger partial charge is 0.239 e. The fourth-order valence-electron chi connectivity index (χ4n) is 2.13. The lowest BCUT2D eigenvalue weighted by molar-refractivity contribution is -0.119. The molecule has 0 aromatic heterocycles. The highest BCUT2D eigenvalue weighted by atomic mass is 79.9. The molecular weight excluding hydrogens is 330 g/mol. The Bertz CT molecular complexity index is 451. The van der Waals surface area contributed by atoms with Crippen LogP contribution in [-0.4, -0.2) is 32.6 Å². The van der Waals surface area contributed by atoms with Crippen LogP contribution in [0.5, 0.6) is 0 Å². The summed E-state index contributed by atoms with van der Waals surface area (Å²) in [5.74, 6) is 0.0315. The average Bonchev–Trinajstić information content (AvgIpc) is 2.47. The molecule has 0 radical (unpaired) electrons. The second-order valence-electron chi connectivity index (χ2n) is 5.06. The molecule has 0 bridgehead atoms. The molecule has 0 saturated heterocycles. The summed E-state index contributed by atoms with van der Waals surface area (Å²) in [6.07, 6.45) is 2.14. The van der Waals surface area contributed by atoms with Crippen molar-refractivity contribution in [1.82, 2.24) is 10.6 Å². The predicted molar refractivity (Wildman–Crippen MR) is 92.7 cm³/mol. The van der Waals surface area contributed by atoms with Crippen LogP contribution < -0.4 is 15.5 Å². The molecule has 21 heavy (non-hydrogen) atoms. The fraction of sp³-hybridized carbons (Fsp3) is 0.562. The second kappa shape index (κ2) is 9.79. The monoisotopic (exact) mass is 355 g/mol. The number of anilines is 1. The molecule has 1 amide bonds. The largest absolute Gasteiger partial charge is 0.361 e. The number of benzene rings is 1. The van der Waals surface area contributed by atoms with Gasteiger partial charge in [-0.15, -0.1) is 0 Å². The summed E-state index contributed by atoms with van der Waals surface area (Å²) in [6, 6.07) is 6.34. The van der Waals surface area contributed by atoms with E-state index >= 15 is 0 Å². The molecule has 4 nitrogen and oxygen atoms in total. The summed E-state index contributed by atoms with van der Waals surface area (Å²) in [6.45, 7) is 7.42. The molecule has 0 atom stereocenters. The number of nitrogens with one attached hydrogen (secondary N) is 2. The molecule has 118 valence electrons. The summed E-state index contributed by atoms with van der Waals surface area (Å²) >= 11 is 3.64. The molecule has 0 saturated carbocycles. The number of rotatable bonds is 9. The fourth-order valence-corrected chi connectivity index (χ4v) is 2.81. The maximum Gasteiger partial charge on any atom is 0.239 e. The van der Waals surface area contributed by atoms with Crippen molar-refractivity contribution in [3.05, 3.63) is 28.2 Å². The average molecular weight is 356 g/mol. The van der Waals surface area contributed by atoms with Crippen molar-refractivity contribution in [2.75, 3.05) is 31.6 Å². The van der Waals surface area contributed by atoms with Gasteiger partial charge in [-0.25, -0.2) is 0 Å². The summed E-state index contributed by atoms with van der Waals surface area (Å²) in [5, 5.41) is 6.08. The first kappa shape index (κ1) is 18.0. The van der Waals surface area contributed by atoms with E-state index in [0.717, 1.165) is 42.6 Å². The van der Waals surface area contributed by atoms with E-state index in [0.29, 0.717) is 6.54 Å². The first-order valence-corrected chi connectivity index (χ1v) is 8.36. The van der Waals surface area contributed by atoms with Gasteiger partial charge in [-0.1, -0.05) is 19.9 Å². The number of hydrogen-bond acceptors (Lipinski definition) is 3. The lowest BCUT2D eigenvalue weighted by Crippen LogP contribution is -2.36. The molecule has 1 aromatic rings. The Morgan fingerprint density at radius 1 is 1.29 bits per heavy atom. The Balaban J connectivity index is 2.81. The zero-order chi connectivity index (χ0) is 15.7. The molecule has 0 spiro atoms. The summed E-state index contributed by atoms with van der Waals surface area (Å²) < 4.78 is 1.04. The van der Waals surface area contributed by atoms with Crippen molar-refractivity contribution in [1.29, 1.82) is 0 Å². The van der Waals surface area contributed by atoms with Gasteiger partial charge >= 0.3 is 0 Å². The SMILES string of the molecule is CCCNCc1ccc(N(CCC)CC(=O)NC)c(Br)c1. The lowest BCUT2D eigenvalue weighted by atomic mass is 10.2. The minimum Gasteiger partial charge on any atom is -0.361 e. The van der Waals surface area contributed by atoms with E-state index in [4.69, 9.17) is 0 Å². The predicted octanol–water partition coefficient (Wildman–Crippen LogP) is 2.91. The summed E-state index contributed by atoms with van der Waals surface area (Å²) in [4.78, 5) is 13.7. The van der Waals surface area contributed by atoms with Gasteiger partial charge in [-0.2, -0.15) is 0 Å². The molecular formula is C16H26BrN3O. The molecule has 0 aliphatic rings. The van der Waals surface area contributed by atoms with Gasteiger partial charge in [0.15, 0.2) is 0 Å². The van der Waals surface area contributed by atoms with Crippen LogP contribution in [-0.2, 0) is 11.3 Å². The Morgan fingerprint density at radius 2 is 2.05 bits per heavy atom. The number of carbonyl (C=O) groups excluding carboxylic acids is 1. The molecule has 5 heteroatoms. The molecule has 2 N–H and O–H groups in total. The van der Waals surface area contributed by atoms with Gasteiger partial charge < -0.3 is 15.5 Å². The Labute approximate surface area is 136 Å². The van der Waals surface area contributed by atoms with Crippen molar-refractivity contribution in [3.63, 3.8) is 0 Å². The van der Waals surface area contributed by atoms with Crippen molar-refractivity contribution in [2.45, 2.75) is 33.2 Å². The lowest BCUT2D eigenvalue weighted by Gasteiger charge is -2.25. The third-order valence-electron chi connectivity index (χ3n) is 3.22. The first-order valence-electron chi connectivity index (χ1n) is 7.57. The number of carbonyl (C=O) groups is 1.